The number of nitrogens with one attached hydrogen (secondary N) is 1. The molecule has 88 valence electrons. The minimum Gasteiger partial charge on any atom is -0.350 e. The van der Waals surface area contributed by atoms with Gasteiger partial charge in [-0.2, -0.15) is 0 Å². The van der Waals surface area contributed by atoms with Crippen LogP contribution in [0.1, 0.15) is 38.5 Å². The highest BCUT2D eigenvalue weighted by molar-refractivity contribution is 5.92. The van der Waals surface area contributed by atoms with E-state index in [9.17, 15) is 9.59 Å². The summed E-state index contributed by atoms with van der Waals surface area (Å²) < 4.78 is 0. The fourth-order valence-electron chi connectivity index (χ4n) is 3.31. The first-order chi connectivity index (χ1) is 7.75. The van der Waals surface area contributed by atoms with Crippen molar-refractivity contribution in [1.29, 1.82) is 0 Å². The highest BCUT2D eigenvalue weighted by Gasteiger charge is 2.47. The third kappa shape index (κ3) is 1.51. The van der Waals surface area contributed by atoms with E-state index in [1.165, 1.54) is 19.3 Å². The number of carbonyl (C=O) groups excluding carboxylic acids is 2. The Morgan fingerprint density at radius 1 is 1.25 bits per heavy atom. The monoisotopic (exact) mass is 222 g/mol. The van der Waals surface area contributed by atoms with Crippen LogP contribution in [0.4, 0.5) is 0 Å². The maximum atomic E-state index is 12.3. The molecule has 1 aliphatic carbocycles. The third-order valence-electron chi connectivity index (χ3n) is 4.19. The van der Waals surface area contributed by atoms with Gasteiger partial charge in [-0.25, -0.2) is 0 Å². The fourth-order valence-corrected chi connectivity index (χ4v) is 3.31. The van der Waals surface area contributed by atoms with E-state index in [0.29, 0.717) is 0 Å². The summed E-state index contributed by atoms with van der Waals surface area (Å²) in [7, 11) is 0. The number of rotatable bonds is 1. The lowest BCUT2D eigenvalue weighted by atomic mass is 9.88. The van der Waals surface area contributed by atoms with Crippen molar-refractivity contribution in [2.45, 2.75) is 50.6 Å². The molecule has 2 aliphatic heterocycles. The summed E-state index contributed by atoms with van der Waals surface area (Å²) in [6.07, 6.45) is 6.48. The Hall–Kier alpha value is -1.06. The second kappa shape index (κ2) is 3.75. The van der Waals surface area contributed by atoms with Crippen LogP contribution < -0.4 is 5.32 Å². The van der Waals surface area contributed by atoms with Gasteiger partial charge < -0.3 is 10.2 Å². The molecule has 3 rings (SSSR count). The molecule has 4 nitrogen and oxygen atoms in total. The summed E-state index contributed by atoms with van der Waals surface area (Å²) >= 11 is 0. The summed E-state index contributed by atoms with van der Waals surface area (Å²) in [4.78, 5) is 25.6. The Labute approximate surface area is 95.4 Å². The Bertz CT molecular complexity index is 323. The second-order valence-electron chi connectivity index (χ2n) is 5.28. The molecule has 2 amide bonds. The van der Waals surface area contributed by atoms with Gasteiger partial charge in [0.1, 0.15) is 6.04 Å². The zero-order chi connectivity index (χ0) is 11.1. The Morgan fingerprint density at radius 3 is 2.62 bits per heavy atom. The summed E-state index contributed by atoms with van der Waals surface area (Å²) in [5.74, 6) is 0.489. The molecular formula is C12H18N2O2. The molecule has 2 bridgehead atoms. The van der Waals surface area contributed by atoms with E-state index in [1.54, 1.807) is 0 Å². The molecule has 0 unspecified atom stereocenters. The zero-order valence-corrected chi connectivity index (χ0v) is 9.45. The first kappa shape index (κ1) is 10.1. The molecule has 2 atom stereocenters. The van der Waals surface area contributed by atoms with Crippen molar-refractivity contribution in [3.05, 3.63) is 0 Å². The number of carbonyl (C=O) groups is 2. The molecular weight excluding hydrogens is 204 g/mol. The molecule has 0 radical (unpaired) electrons. The van der Waals surface area contributed by atoms with E-state index in [0.717, 1.165) is 25.8 Å². The smallest absolute Gasteiger partial charge is 0.243 e. The van der Waals surface area contributed by atoms with Crippen LogP contribution in [0, 0.1) is 5.92 Å². The minimum atomic E-state index is -0.153. The van der Waals surface area contributed by atoms with Crippen molar-refractivity contribution >= 4 is 11.8 Å². The van der Waals surface area contributed by atoms with Crippen LogP contribution in [0.25, 0.3) is 0 Å². The number of nitrogens with zero attached hydrogens (tertiary/aromatic N) is 1. The van der Waals surface area contributed by atoms with Gasteiger partial charge in [0.25, 0.3) is 0 Å². The van der Waals surface area contributed by atoms with Gasteiger partial charge in [0.2, 0.25) is 11.8 Å². The van der Waals surface area contributed by atoms with Crippen LogP contribution in [0.15, 0.2) is 0 Å². The van der Waals surface area contributed by atoms with Crippen molar-refractivity contribution in [2.75, 3.05) is 6.54 Å². The third-order valence-corrected chi connectivity index (χ3v) is 4.19. The van der Waals surface area contributed by atoms with Crippen LogP contribution in [0.3, 0.4) is 0 Å². The van der Waals surface area contributed by atoms with Crippen molar-refractivity contribution in [3.8, 4) is 0 Å². The summed E-state index contributed by atoms with van der Waals surface area (Å²) in [6, 6.07) is 0.0736. The molecule has 2 heterocycles. The van der Waals surface area contributed by atoms with E-state index in [4.69, 9.17) is 0 Å². The van der Waals surface area contributed by atoms with Crippen LogP contribution >= 0.6 is 0 Å². The predicted molar refractivity (Wildman–Crippen MR) is 58.6 cm³/mol. The topological polar surface area (TPSA) is 49.4 Å². The summed E-state index contributed by atoms with van der Waals surface area (Å²) in [6.45, 7) is 0.742. The summed E-state index contributed by atoms with van der Waals surface area (Å²) in [5, 5.41) is 2.91. The number of amides is 2. The fraction of sp³-hybridized carbons (Fsp3) is 0.833. The second-order valence-corrected chi connectivity index (χ2v) is 5.28. The van der Waals surface area contributed by atoms with Crippen LogP contribution in [0.2, 0.25) is 0 Å². The molecule has 3 aliphatic rings. The van der Waals surface area contributed by atoms with Gasteiger partial charge in [0.15, 0.2) is 0 Å². The number of fused-ring (bicyclic) bond motifs is 2. The van der Waals surface area contributed by atoms with Gasteiger partial charge >= 0.3 is 0 Å². The first-order valence-corrected chi connectivity index (χ1v) is 6.36. The Balaban J connectivity index is 1.69. The molecule has 1 N–H and O–H groups in total. The highest BCUT2D eigenvalue weighted by atomic mass is 16.2. The Kier molecular flexibility index (Phi) is 2.37. The van der Waals surface area contributed by atoms with E-state index >= 15 is 0 Å². The van der Waals surface area contributed by atoms with Gasteiger partial charge in [-0.1, -0.05) is 19.3 Å². The van der Waals surface area contributed by atoms with Crippen LogP contribution in [0.5, 0.6) is 0 Å². The quantitative estimate of drug-likeness (QED) is 0.708. The normalized spacial score (nSPS) is 34.2. The van der Waals surface area contributed by atoms with Crippen molar-refractivity contribution in [3.63, 3.8) is 0 Å². The maximum absolute atomic E-state index is 12.3. The molecule has 4 heteroatoms. The lowest BCUT2D eigenvalue weighted by molar-refractivity contribution is -0.143. The predicted octanol–water partition coefficient (Wildman–Crippen LogP) is 0.666. The van der Waals surface area contributed by atoms with Gasteiger partial charge in [0, 0.05) is 18.5 Å². The maximum Gasteiger partial charge on any atom is 0.243 e. The largest absolute Gasteiger partial charge is 0.350 e. The van der Waals surface area contributed by atoms with Crippen LogP contribution in [-0.2, 0) is 9.59 Å². The molecule has 0 aromatic carbocycles. The highest BCUT2D eigenvalue weighted by Crippen LogP contribution is 2.31. The van der Waals surface area contributed by atoms with Crippen molar-refractivity contribution in [1.82, 2.24) is 10.2 Å². The molecule has 2 saturated heterocycles. The van der Waals surface area contributed by atoms with E-state index < -0.39 is 0 Å². The number of hydrogen-bond donors (Lipinski definition) is 1. The van der Waals surface area contributed by atoms with E-state index in [1.807, 2.05) is 4.90 Å². The van der Waals surface area contributed by atoms with E-state index in [2.05, 4.69) is 5.32 Å². The number of likely N-dealkylation sites (tertiary alicyclic amines) is 1. The number of hydrogen-bond acceptors (Lipinski definition) is 2. The molecule has 16 heavy (non-hydrogen) atoms. The molecule has 1 saturated carbocycles. The molecule has 3 fully saturated rings. The van der Waals surface area contributed by atoms with Crippen LogP contribution in [-0.4, -0.2) is 35.3 Å². The Morgan fingerprint density at radius 2 is 2.00 bits per heavy atom. The average Bonchev–Trinajstić information content (AvgIpc) is 2.88. The lowest BCUT2D eigenvalue weighted by Gasteiger charge is -2.31. The minimum absolute atomic E-state index is 0.0559. The first-order valence-electron chi connectivity index (χ1n) is 6.36. The zero-order valence-electron chi connectivity index (χ0n) is 9.45. The van der Waals surface area contributed by atoms with Gasteiger partial charge in [-0.15, -0.1) is 0 Å². The number of piperazine rings is 1. The molecule has 0 aromatic rings. The van der Waals surface area contributed by atoms with Crippen molar-refractivity contribution in [2.24, 2.45) is 5.92 Å². The van der Waals surface area contributed by atoms with Gasteiger partial charge in [-0.05, 0) is 19.3 Å². The van der Waals surface area contributed by atoms with Gasteiger partial charge in [0.05, 0.1) is 0 Å². The van der Waals surface area contributed by atoms with Gasteiger partial charge in [-0.3, -0.25) is 9.59 Å². The van der Waals surface area contributed by atoms with Crippen molar-refractivity contribution < 1.29 is 9.59 Å². The van der Waals surface area contributed by atoms with E-state index in [-0.39, 0.29) is 29.8 Å². The SMILES string of the molecule is O=C1N[C@@H]2C[C@H]1N(C(=O)C1CCCCC1)C2. The summed E-state index contributed by atoms with van der Waals surface area (Å²) in [5.41, 5.74) is 0. The molecule has 0 spiro atoms. The average molecular weight is 222 g/mol. The molecule has 0 aromatic heterocycles. The lowest BCUT2D eigenvalue weighted by Crippen LogP contribution is -2.52. The standard InChI is InChI=1S/C12H18N2O2/c15-11-10-6-9(13-11)7-14(10)12(16)8-4-2-1-3-5-8/h8-10H,1-7H2,(H,13,15)/t9-,10-/m1/s1.